The van der Waals surface area contributed by atoms with Crippen molar-refractivity contribution in [2.75, 3.05) is 13.2 Å². The Balaban J connectivity index is 0.000000712. The van der Waals surface area contributed by atoms with Crippen LogP contribution >= 0.6 is 15.8 Å². The van der Waals surface area contributed by atoms with Crippen LogP contribution in [0.3, 0.4) is 0 Å². The average Bonchev–Trinajstić information content (AvgIpc) is 3.09. The Labute approximate surface area is 264 Å². The highest BCUT2D eigenvalue weighted by molar-refractivity contribution is 7.80. The lowest BCUT2D eigenvalue weighted by atomic mass is 10.3. The van der Waals surface area contributed by atoms with Crippen molar-refractivity contribution >= 4 is 47.7 Å². The Morgan fingerprint density at radius 2 is 0.636 bits per heavy atom. The Morgan fingerprint density at radius 3 is 0.909 bits per heavy atom. The largest absolute Gasteiger partial charge is 0.456 e. The second-order valence-electron chi connectivity index (χ2n) is 9.83. The zero-order valence-corrected chi connectivity index (χ0v) is 27.1. The van der Waals surface area contributed by atoms with Crippen molar-refractivity contribution in [2.24, 2.45) is 0 Å². The first-order valence-corrected chi connectivity index (χ1v) is 17.7. The number of rotatable bonds is 10. The summed E-state index contributed by atoms with van der Waals surface area (Å²) in [7, 11) is -1.59. The van der Waals surface area contributed by atoms with Crippen molar-refractivity contribution in [1.82, 2.24) is 0 Å². The van der Waals surface area contributed by atoms with Gasteiger partial charge in [0.2, 0.25) is 0 Å². The van der Waals surface area contributed by atoms with Gasteiger partial charge in [0.05, 0.1) is 0 Å². The molecule has 44 heavy (non-hydrogen) atoms. The minimum Gasteiger partial charge on any atom is -0.456 e. The fourth-order valence-electron chi connectivity index (χ4n) is 4.94. The topological polar surface area (TPSA) is 18.5 Å². The fraction of sp³-hybridized carbons (Fsp3) is 0.100. The summed E-state index contributed by atoms with van der Waals surface area (Å²) < 4.78 is 11.8. The third-order valence-corrected chi connectivity index (χ3v) is 11.9. The molecule has 6 aromatic carbocycles. The van der Waals surface area contributed by atoms with Crippen LogP contribution in [-0.4, -0.2) is 13.2 Å². The number of benzene rings is 6. The second-order valence-corrected chi connectivity index (χ2v) is 14.2. The number of hydrogen-bond acceptors (Lipinski definition) is 2. The quantitative estimate of drug-likeness (QED) is 0.146. The summed E-state index contributed by atoms with van der Waals surface area (Å²) in [6, 6.07) is 60.2. The van der Waals surface area contributed by atoms with Crippen molar-refractivity contribution in [2.45, 2.75) is 13.8 Å². The van der Waals surface area contributed by atoms with E-state index in [4.69, 9.17) is 9.47 Å². The SMILES string of the molecule is CCOCC.c1ccc(P(c2ccccc2)c2ccccc2Oc2ccccc2P(c2ccccc2)c2ccccc2)cc1. The maximum Gasteiger partial charge on any atom is 0.135 e. The van der Waals surface area contributed by atoms with Gasteiger partial charge in [-0.3, -0.25) is 0 Å². The summed E-state index contributed by atoms with van der Waals surface area (Å²) >= 11 is 0. The molecule has 0 saturated heterocycles. The molecule has 2 nitrogen and oxygen atoms in total. The molecule has 0 unspecified atom stereocenters. The molecule has 0 aliphatic carbocycles. The Kier molecular flexibility index (Phi) is 11.9. The van der Waals surface area contributed by atoms with E-state index in [1.54, 1.807) is 0 Å². The van der Waals surface area contributed by atoms with Gasteiger partial charge in [-0.15, -0.1) is 0 Å². The molecule has 6 rings (SSSR count). The lowest BCUT2D eigenvalue weighted by molar-refractivity contribution is 0.162. The number of para-hydroxylation sites is 2. The van der Waals surface area contributed by atoms with Crippen molar-refractivity contribution in [3.05, 3.63) is 170 Å². The van der Waals surface area contributed by atoms with Gasteiger partial charge in [0, 0.05) is 23.8 Å². The number of ether oxygens (including phenoxy) is 2. The van der Waals surface area contributed by atoms with Gasteiger partial charge in [-0.2, -0.15) is 0 Å². The van der Waals surface area contributed by atoms with E-state index in [0.29, 0.717) is 0 Å². The number of hydrogen-bond donors (Lipinski definition) is 0. The van der Waals surface area contributed by atoms with Crippen LogP contribution in [0, 0.1) is 0 Å². The van der Waals surface area contributed by atoms with Crippen LogP contribution < -0.4 is 36.6 Å². The molecule has 0 heterocycles. The lowest BCUT2D eigenvalue weighted by Crippen LogP contribution is -2.23. The van der Waals surface area contributed by atoms with E-state index in [0.717, 1.165) is 24.7 Å². The summed E-state index contributed by atoms with van der Waals surface area (Å²) in [6.07, 6.45) is 0. The first-order chi connectivity index (χ1) is 21.8. The van der Waals surface area contributed by atoms with E-state index >= 15 is 0 Å². The summed E-state index contributed by atoms with van der Waals surface area (Å²) in [5.41, 5.74) is 0. The summed E-state index contributed by atoms with van der Waals surface area (Å²) in [4.78, 5) is 0. The molecule has 0 amide bonds. The normalized spacial score (nSPS) is 10.7. The standard InChI is InChI=1S/C36H28OP2.C4H10O/c1-5-17-29(18-6-1)38(30-19-7-2-8-20-30)35-27-15-13-25-33(35)37-34-26-14-16-28-36(34)39(31-21-9-3-10-22-31)32-23-11-4-12-24-32;1-3-5-4-2/h1-28H;3-4H2,1-2H3. The molecule has 0 fully saturated rings. The Morgan fingerprint density at radius 1 is 0.364 bits per heavy atom. The molecule has 0 bridgehead atoms. The Hall–Kier alpha value is -4.06. The van der Waals surface area contributed by atoms with Gasteiger partial charge < -0.3 is 9.47 Å². The third kappa shape index (κ3) is 8.10. The van der Waals surface area contributed by atoms with Gasteiger partial charge in [0.25, 0.3) is 0 Å². The maximum absolute atomic E-state index is 6.92. The monoisotopic (exact) mass is 612 g/mol. The van der Waals surface area contributed by atoms with Gasteiger partial charge in [-0.1, -0.05) is 158 Å². The molecule has 6 aromatic rings. The minimum absolute atomic E-state index is 0.795. The molecule has 0 atom stereocenters. The molecule has 0 aromatic heterocycles. The predicted octanol–water partition coefficient (Wildman–Crippen LogP) is 8.04. The van der Waals surface area contributed by atoms with Crippen LogP contribution in [0.15, 0.2) is 170 Å². The predicted molar refractivity (Wildman–Crippen MR) is 193 cm³/mol. The van der Waals surface area contributed by atoms with Crippen LogP contribution in [0.4, 0.5) is 0 Å². The summed E-state index contributed by atoms with van der Waals surface area (Å²) in [6.45, 7) is 5.67. The zero-order valence-electron chi connectivity index (χ0n) is 25.3. The molecule has 0 aliphatic rings. The van der Waals surface area contributed by atoms with Crippen LogP contribution in [0.25, 0.3) is 0 Å². The molecular weight excluding hydrogens is 574 g/mol. The van der Waals surface area contributed by atoms with Crippen LogP contribution in [0.1, 0.15) is 13.8 Å². The van der Waals surface area contributed by atoms with Crippen molar-refractivity contribution in [3.63, 3.8) is 0 Å². The maximum atomic E-state index is 6.92. The smallest absolute Gasteiger partial charge is 0.135 e. The molecule has 220 valence electrons. The van der Waals surface area contributed by atoms with E-state index in [1.807, 2.05) is 13.8 Å². The zero-order chi connectivity index (χ0) is 30.4. The van der Waals surface area contributed by atoms with Crippen molar-refractivity contribution < 1.29 is 9.47 Å². The van der Waals surface area contributed by atoms with E-state index in [9.17, 15) is 0 Å². The van der Waals surface area contributed by atoms with Crippen molar-refractivity contribution in [3.8, 4) is 11.5 Å². The molecule has 0 saturated carbocycles. The molecule has 0 radical (unpaired) electrons. The van der Waals surface area contributed by atoms with E-state index in [1.165, 1.54) is 31.8 Å². The first kappa shape index (κ1) is 31.4. The molecule has 0 spiro atoms. The van der Waals surface area contributed by atoms with Gasteiger partial charge in [0.15, 0.2) is 0 Å². The van der Waals surface area contributed by atoms with Gasteiger partial charge in [-0.05, 0) is 63.0 Å². The van der Waals surface area contributed by atoms with Crippen LogP contribution in [-0.2, 0) is 4.74 Å². The highest BCUT2D eigenvalue weighted by Gasteiger charge is 2.23. The van der Waals surface area contributed by atoms with Crippen LogP contribution in [0.2, 0.25) is 0 Å². The second kappa shape index (κ2) is 16.7. The van der Waals surface area contributed by atoms with Gasteiger partial charge in [0.1, 0.15) is 11.5 Å². The molecular formula is C40H38O2P2. The van der Waals surface area contributed by atoms with E-state index in [2.05, 4.69) is 170 Å². The van der Waals surface area contributed by atoms with Crippen molar-refractivity contribution in [1.29, 1.82) is 0 Å². The Bertz CT molecular complexity index is 1470. The van der Waals surface area contributed by atoms with E-state index < -0.39 is 15.8 Å². The first-order valence-electron chi connectivity index (χ1n) is 15.0. The fourth-order valence-corrected chi connectivity index (χ4v) is 9.68. The summed E-state index contributed by atoms with van der Waals surface area (Å²) in [5, 5.41) is 7.64. The van der Waals surface area contributed by atoms with Gasteiger partial charge >= 0.3 is 0 Å². The molecule has 0 aliphatic heterocycles. The average molecular weight is 613 g/mol. The summed E-state index contributed by atoms with van der Waals surface area (Å²) in [5.74, 6) is 1.81. The highest BCUT2D eigenvalue weighted by Crippen LogP contribution is 2.40. The minimum atomic E-state index is -0.795. The van der Waals surface area contributed by atoms with Crippen LogP contribution in [0.5, 0.6) is 11.5 Å². The molecule has 4 heteroatoms. The lowest BCUT2D eigenvalue weighted by Gasteiger charge is -2.25. The van der Waals surface area contributed by atoms with E-state index in [-0.39, 0.29) is 0 Å². The highest BCUT2D eigenvalue weighted by atomic mass is 31.1. The molecule has 0 N–H and O–H groups in total. The third-order valence-electron chi connectivity index (χ3n) is 6.90. The van der Waals surface area contributed by atoms with Gasteiger partial charge in [-0.25, -0.2) is 0 Å².